The standard InChI is InChI=1S/C23H30N2O4/c1-3-19-15-20(11-7-8-16(2)26)29-23(28-19)21-14-18(12-13-22(21)27)25-24-17-9-5-4-6-10-17/h4-6,9-10,12-14,16,19-20,23,26-27H,3,7-8,11,15H2,1-2H3/b25-24+/t16-,19?,20?,23?/m0/s1. The van der Waals surface area contributed by atoms with Gasteiger partial charge in [-0.05, 0) is 62.9 Å². The number of aliphatic hydroxyl groups is 1. The van der Waals surface area contributed by atoms with E-state index in [2.05, 4.69) is 17.2 Å². The summed E-state index contributed by atoms with van der Waals surface area (Å²) in [5.74, 6) is 0.119. The van der Waals surface area contributed by atoms with Gasteiger partial charge >= 0.3 is 0 Å². The normalized spacial score (nSPS) is 23.3. The maximum Gasteiger partial charge on any atom is 0.188 e. The molecular weight excluding hydrogens is 368 g/mol. The minimum atomic E-state index is -0.642. The lowest BCUT2D eigenvalue weighted by atomic mass is 10.0. The Kier molecular flexibility index (Phi) is 7.75. The topological polar surface area (TPSA) is 83.6 Å². The van der Waals surface area contributed by atoms with Crippen LogP contribution >= 0.6 is 0 Å². The summed E-state index contributed by atoms with van der Waals surface area (Å²) in [7, 11) is 0. The van der Waals surface area contributed by atoms with E-state index in [0.717, 1.165) is 37.8 Å². The van der Waals surface area contributed by atoms with Gasteiger partial charge in [0.2, 0.25) is 0 Å². The Morgan fingerprint density at radius 1 is 1.03 bits per heavy atom. The quantitative estimate of drug-likeness (QED) is 0.539. The maximum atomic E-state index is 10.4. The molecule has 0 aliphatic carbocycles. The van der Waals surface area contributed by atoms with Crippen molar-refractivity contribution in [2.45, 2.75) is 70.6 Å². The highest BCUT2D eigenvalue weighted by molar-refractivity contribution is 5.48. The van der Waals surface area contributed by atoms with Crippen LogP contribution < -0.4 is 0 Å². The Morgan fingerprint density at radius 2 is 1.76 bits per heavy atom. The first-order valence-corrected chi connectivity index (χ1v) is 10.3. The van der Waals surface area contributed by atoms with Crippen LogP contribution in [0.4, 0.5) is 11.4 Å². The average Bonchev–Trinajstić information content (AvgIpc) is 2.73. The highest BCUT2D eigenvalue weighted by Gasteiger charge is 2.31. The van der Waals surface area contributed by atoms with Crippen molar-refractivity contribution < 1.29 is 19.7 Å². The van der Waals surface area contributed by atoms with Crippen molar-refractivity contribution in [3.8, 4) is 5.75 Å². The van der Waals surface area contributed by atoms with Crippen LogP contribution in [0, 0.1) is 0 Å². The van der Waals surface area contributed by atoms with Crippen LogP contribution in [0.25, 0.3) is 0 Å². The van der Waals surface area contributed by atoms with E-state index in [1.165, 1.54) is 0 Å². The maximum absolute atomic E-state index is 10.4. The van der Waals surface area contributed by atoms with Crippen LogP contribution in [0.15, 0.2) is 58.8 Å². The third kappa shape index (κ3) is 6.35. The summed E-state index contributed by atoms with van der Waals surface area (Å²) in [5.41, 5.74) is 1.95. The smallest absolute Gasteiger partial charge is 0.188 e. The molecule has 4 atom stereocenters. The summed E-state index contributed by atoms with van der Waals surface area (Å²) in [6.07, 6.45) is 3.36. The molecule has 1 saturated heterocycles. The molecule has 1 aliphatic heterocycles. The van der Waals surface area contributed by atoms with E-state index in [0.29, 0.717) is 11.3 Å². The molecule has 0 amide bonds. The molecule has 0 radical (unpaired) electrons. The van der Waals surface area contributed by atoms with E-state index in [-0.39, 0.29) is 24.1 Å². The number of hydrogen-bond acceptors (Lipinski definition) is 6. The molecule has 3 rings (SSSR count). The molecule has 0 bridgehead atoms. The van der Waals surface area contributed by atoms with E-state index in [1.807, 2.05) is 30.3 Å². The predicted molar refractivity (Wildman–Crippen MR) is 112 cm³/mol. The Balaban J connectivity index is 1.74. The lowest BCUT2D eigenvalue weighted by Crippen LogP contribution is -2.33. The highest BCUT2D eigenvalue weighted by Crippen LogP contribution is 2.38. The molecule has 0 saturated carbocycles. The number of rotatable bonds is 8. The van der Waals surface area contributed by atoms with Gasteiger partial charge in [-0.25, -0.2) is 0 Å². The largest absolute Gasteiger partial charge is 0.507 e. The summed E-state index contributed by atoms with van der Waals surface area (Å²) < 4.78 is 12.2. The first-order valence-electron chi connectivity index (χ1n) is 10.3. The Bertz CT molecular complexity index is 795. The van der Waals surface area contributed by atoms with Crippen LogP contribution in [-0.4, -0.2) is 28.5 Å². The van der Waals surface area contributed by atoms with Crippen LogP contribution in [0.1, 0.15) is 57.8 Å². The first kappa shape index (κ1) is 21.4. The molecule has 156 valence electrons. The summed E-state index contributed by atoms with van der Waals surface area (Å²) in [5, 5.41) is 28.4. The fourth-order valence-electron chi connectivity index (χ4n) is 3.43. The van der Waals surface area contributed by atoms with Gasteiger partial charge in [0.05, 0.1) is 35.3 Å². The highest BCUT2D eigenvalue weighted by atomic mass is 16.7. The van der Waals surface area contributed by atoms with E-state index in [9.17, 15) is 10.2 Å². The van der Waals surface area contributed by atoms with E-state index >= 15 is 0 Å². The molecule has 1 heterocycles. The van der Waals surface area contributed by atoms with Gasteiger partial charge in [0.1, 0.15) is 5.75 Å². The number of azo groups is 1. The summed E-state index contributed by atoms with van der Waals surface area (Å²) >= 11 is 0. The van der Waals surface area contributed by atoms with E-state index < -0.39 is 6.29 Å². The first-order chi connectivity index (χ1) is 14.0. The molecule has 2 N–H and O–H groups in total. The van der Waals surface area contributed by atoms with Gasteiger partial charge in [-0.3, -0.25) is 0 Å². The van der Waals surface area contributed by atoms with Gasteiger partial charge in [0.15, 0.2) is 6.29 Å². The van der Waals surface area contributed by atoms with Crippen LogP contribution in [0.3, 0.4) is 0 Å². The minimum Gasteiger partial charge on any atom is -0.507 e. The second kappa shape index (κ2) is 10.5. The fraction of sp³-hybridized carbons (Fsp3) is 0.478. The molecule has 0 spiro atoms. The van der Waals surface area contributed by atoms with Crippen molar-refractivity contribution in [2.24, 2.45) is 10.2 Å². The summed E-state index contributed by atoms with van der Waals surface area (Å²) in [6.45, 7) is 3.89. The van der Waals surface area contributed by atoms with Crippen molar-refractivity contribution >= 4 is 11.4 Å². The number of hydrogen-bond donors (Lipinski definition) is 2. The third-order valence-corrected chi connectivity index (χ3v) is 5.06. The lowest BCUT2D eigenvalue weighted by molar-refractivity contribution is -0.249. The van der Waals surface area contributed by atoms with Gasteiger partial charge < -0.3 is 19.7 Å². The van der Waals surface area contributed by atoms with Crippen LogP contribution in [0.2, 0.25) is 0 Å². The molecule has 29 heavy (non-hydrogen) atoms. The van der Waals surface area contributed by atoms with Crippen molar-refractivity contribution in [3.05, 3.63) is 54.1 Å². The van der Waals surface area contributed by atoms with Crippen LogP contribution in [0.5, 0.6) is 5.75 Å². The van der Waals surface area contributed by atoms with Gasteiger partial charge in [-0.15, -0.1) is 0 Å². The second-order valence-electron chi connectivity index (χ2n) is 7.55. The van der Waals surface area contributed by atoms with Crippen molar-refractivity contribution in [3.63, 3.8) is 0 Å². The third-order valence-electron chi connectivity index (χ3n) is 5.06. The Morgan fingerprint density at radius 3 is 2.48 bits per heavy atom. The Labute approximate surface area is 172 Å². The lowest BCUT2D eigenvalue weighted by Gasteiger charge is -2.36. The summed E-state index contributed by atoms with van der Waals surface area (Å²) in [6, 6.07) is 14.6. The number of phenols is 1. The van der Waals surface area contributed by atoms with Crippen molar-refractivity contribution in [2.75, 3.05) is 0 Å². The zero-order chi connectivity index (χ0) is 20.6. The number of ether oxygens (including phenoxy) is 2. The zero-order valence-electron chi connectivity index (χ0n) is 17.1. The zero-order valence-corrected chi connectivity index (χ0v) is 17.1. The second-order valence-corrected chi connectivity index (χ2v) is 7.55. The van der Waals surface area contributed by atoms with E-state index in [4.69, 9.17) is 9.47 Å². The molecule has 2 aromatic rings. The Hall–Kier alpha value is -2.28. The van der Waals surface area contributed by atoms with Gasteiger partial charge in [0, 0.05) is 6.42 Å². The SMILES string of the molecule is CCC1CC(CCC[C@H](C)O)OC(c2cc(/N=N/c3ccccc3)ccc2O)O1. The van der Waals surface area contributed by atoms with Crippen molar-refractivity contribution in [1.82, 2.24) is 0 Å². The fourth-order valence-corrected chi connectivity index (χ4v) is 3.43. The number of benzene rings is 2. The molecule has 1 fully saturated rings. The molecule has 3 unspecified atom stereocenters. The number of aromatic hydroxyl groups is 1. The van der Waals surface area contributed by atoms with Gasteiger partial charge in [-0.2, -0.15) is 10.2 Å². The van der Waals surface area contributed by atoms with E-state index in [1.54, 1.807) is 25.1 Å². The van der Waals surface area contributed by atoms with Gasteiger partial charge in [-0.1, -0.05) is 25.1 Å². The number of nitrogens with zero attached hydrogens (tertiary/aromatic N) is 2. The number of phenolic OH excluding ortho intramolecular Hbond substituents is 1. The molecule has 0 aromatic heterocycles. The minimum absolute atomic E-state index is 0.0338. The molecular formula is C23H30N2O4. The molecule has 1 aliphatic rings. The predicted octanol–water partition coefficient (Wildman–Crippen LogP) is 5.94. The molecule has 2 aromatic carbocycles. The molecule has 6 nitrogen and oxygen atoms in total. The van der Waals surface area contributed by atoms with Gasteiger partial charge in [0.25, 0.3) is 0 Å². The van der Waals surface area contributed by atoms with Crippen molar-refractivity contribution in [1.29, 1.82) is 0 Å². The average molecular weight is 399 g/mol. The van der Waals surface area contributed by atoms with Crippen LogP contribution in [-0.2, 0) is 9.47 Å². The summed E-state index contributed by atoms with van der Waals surface area (Å²) in [4.78, 5) is 0. The molecule has 6 heteroatoms. The number of aliphatic hydroxyl groups excluding tert-OH is 1. The monoisotopic (exact) mass is 398 g/mol.